The fourth-order valence-electron chi connectivity index (χ4n) is 3.23. The first-order valence-electron chi connectivity index (χ1n) is 6.67. The van der Waals surface area contributed by atoms with Crippen molar-refractivity contribution in [1.29, 1.82) is 0 Å². The Hall–Kier alpha value is -1.69. The zero-order valence-corrected chi connectivity index (χ0v) is 10.6. The monoisotopic (exact) mass is 263 g/mol. The van der Waals surface area contributed by atoms with E-state index in [-0.39, 0.29) is 11.9 Å². The third-order valence-electron chi connectivity index (χ3n) is 4.28. The second-order valence-electron chi connectivity index (χ2n) is 5.54. The van der Waals surface area contributed by atoms with Crippen molar-refractivity contribution in [1.82, 2.24) is 4.98 Å². The Labute approximate surface area is 111 Å². The molecule has 1 unspecified atom stereocenters. The summed E-state index contributed by atoms with van der Waals surface area (Å²) in [4.78, 5) is 16.2. The van der Waals surface area contributed by atoms with E-state index in [9.17, 15) is 15.2 Å². The molecule has 1 aromatic rings. The van der Waals surface area contributed by atoms with Crippen LogP contribution in [0, 0.1) is 22.0 Å². The Bertz CT molecular complexity index is 477. The van der Waals surface area contributed by atoms with Crippen molar-refractivity contribution in [3.8, 4) is 0 Å². The van der Waals surface area contributed by atoms with Crippen molar-refractivity contribution in [2.45, 2.75) is 25.4 Å². The number of hydrogen-bond acceptors (Lipinski definition) is 5. The van der Waals surface area contributed by atoms with Crippen molar-refractivity contribution in [3.63, 3.8) is 0 Å². The Morgan fingerprint density at radius 1 is 1.37 bits per heavy atom. The van der Waals surface area contributed by atoms with Gasteiger partial charge in [-0.25, -0.2) is 0 Å². The van der Waals surface area contributed by atoms with Crippen molar-refractivity contribution in [2.24, 2.45) is 11.8 Å². The van der Waals surface area contributed by atoms with Gasteiger partial charge in [0, 0.05) is 25.1 Å². The van der Waals surface area contributed by atoms with Crippen molar-refractivity contribution < 1.29 is 10.0 Å². The maximum atomic E-state index is 10.6. The molecule has 1 saturated carbocycles. The number of aliphatic hydroxyl groups excluding tert-OH is 1. The lowest BCUT2D eigenvalue weighted by atomic mass is 9.82. The highest BCUT2D eigenvalue weighted by Crippen LogP contribution is 2.36. The quantitative estimate of drug-likeness (QED) is 0.647. The van der Waals surface area contributed by atoms with Gasteiger partial charge in [0.15, 0.2) is 6.20 Å². The van der Waals surface area contributed by atoms with Gasteiger partial charge in [-0.1, -0.05) is 0 Å². The van der Waals surface area contributed by atoms with Gasteiger partial charge in [0.2, 0.25) is 0 Å². The van der Waals surface area contributed by atoms with Gasteiger partial charge in [-0.15, -0.1) is 0 Å². The van der Waals surface area contributed by atoms with Gasteiger partial charge in [0.1, 0.15) is 0 Å². The van der Waals surface area contributed by atoms with Gasteiger partial charge in [0.25, 0.3) is 0 Å². The highest BCUT2D eigenvalue weighted by Gasteiger charge is 2.35. The van der Waals surface area contributed by atoms with Gasteiger partial charge >= 0.3 is 5.82 Å². The van der Waals surface area contributed by atoms with Crippen LogP contribution < -0.4 is 4.90 Å². The summed E-state index contributed by atoms with van der Waals surface area (Å²) in [5, 5.41) is 20.6. The van der Waals surface area contributed by atoms with E-state index in [2.05, 4.69) is 9.88 Å². The van der Waals surface area contributed by atoms with E-state index in [0.29, 0.717) is 11.8 Å². The lowest BCUT2D eigenvalue weighted by Crippen LogP contribution is -2.31. The number of nitro groups is 1. The van der Waals surface area contributed by atoms with Crippen molar-refractivity contribution in [2.75, 3.05) is 18.0 Å². The molecule has 0 spiro atoms. The molecule has 2 bridgehead atoms. The summed E-state index contributed by atoms with van der Waals surface area (Å²) < 4.78 is 0. The van der Waals surface area contributed by atoms with E-state index in [1.807, 2.05) is 0 Å². The van der Waals surface area contributed by atoms with Crippen LogP contribution >= 0.6 is 0 Å². The third kappa shape index (κ3) is 2.40. The molecule has 19 heavy (non-hydrogen) atoms. The van der Waals surface area contributed by atoms with Crippen LogP contribution in [0.15, 0.2) is 18.3 Å². The molecule has 102 valence electrons. The number of aliphatic hydroxyl groups is 1. The SMILES string of the molecule is O=[N+]([O-])c1ccc(N2C[C@H]3CC[C@@H](C2)C(O)C3)cn1. The molecular weight excluding hydrogens is 246 g/mol. The molecule has 1 N–H and O–H groups in total. The average molecular weight is 263 g/mol. The van der Waals surface area contributed by atoms with Crippen LogP contribution in [0.4, 0.5) is 11.5 Å². The Balaban J connectivity index is 1.80. The van der Waals surface area contributed by atoms with E-state index >= 15 is 0 Å². The zero-order valence-electron chi connectivity index (χ0n) is 10.6. The summed E-state index contributed by atoms with van der Waals surface area (Å²) in [6, 6.07) is 3.20. The number of pyridine rings is 1. The minimum absolute atomic E-state index is 0.124. The molecule has 0 amide bonds. The molecule has 2 saturated heterocycles. The maximum Gasteiger partial charge on any atom is 0.363 e. The number of aromatic nitrogens is 1. The molecule has 4 rings (SSSR count). The second-order valence-corrected chi connectivity index (χ2v) is 5.54. The molecular formula is C13H17N3O3. The highest BCUT2D eigenvalue weighted by molar-refractivity contribution is 5.47. The number of nitrogens with zero attached hydrogens (tertiary/aromatic N) is 3. The summed E-state index contributed by atoms with van der Waals surface area (Å²) in [7, 11) is 0. The smallest absolute Gasteiger partial charge is 0.363 e. The van der Waals surface area contributed by atoms with Crippen LogP contribution in [0.3, 0.4) is 0 Å². The summed E-state index contributed by atoms with van der Waals surface area (Å²) in [6.07, 6.45) is 4.48. The molecule has 3 aliphatic rings. The van der Waals surface area contributed by atoms with Crippen LogP contribution in [-0.2, 0) is 0 Å². The number of rotatable bonds is 2. The first-order chi connectivity index (χ1) is 9.13. The van der Waals surface area contributed by atoms with Crippen LogP contribution in [0.5, 0.6) is 0 Å². The van der Waals surface area contributed by atoms with Crippen molar-refractivity contribution >= 4 is 11.5 Å². The second kappa shape index (κ2) is 4.77. The topological polar surface area (TPSA) is 79.5 Å². The lowest BCUT2D eigenvalue weighted by molar-refractivity contribution is -0.389. The molecule has 3 atom stereocenters. The molecule has 6 heteroatoms. The van der Waals surface area contributed by atoms with E-state index < -0.39 is 4.92 Å². The van der Waals surface area contributed by atoms with Crippen LogP contribution in [-0.4, -0.2) is 34.2 Å². The van der Waals surface area contributed by atoms with Gasteiger partial charge in [0.05, 0.1) is 11.8 Å². The molecule has 6 nitrogen and oxygen atoms in total. The van der Waals surface area contributed by atoms with Gasteiger partial charge in [-0.3, -0.25) is 0 Å². The van der Waals surface area contributed by atoms with Gasteiger partial charge < -0.3 is 20.1 Å². The fraction of sp³-hybridized carbons (Fsp3) is 0.615. The molecule has 1 aliphatic carbocycles. The Morgan fingerprint density at radius 2 is 2.21 bits per heavy atom. The maximum absolute atomic E-state index is 10.6. The van der Waals surface area contributed by atoms with Gasteiger partial charge in [-0.05, 0) is 41.2 Å². The van der Waals surface area contributed by atoms with Gasteiger partial charge in [-0.2, -0.15) is 0 Å². The minimum Gasteiger partial charge on any atom is -0.393 e. The number of anilines is 1. The average Bonchev–Trinajstić information content (AvgIpc) is 2.70. The normalized spacial score (nSPS) is 30.2. The lowest BCUT2D eigenvalue weighted by Gasteiger charge is -2.27. The summed E-state index contributed by atoms with van der Waals surface area (Å²) in [5.74, 6) is 0.708. The Kier molecular flexibility index (Phi) is 3.10. The minimum atomic E-state index is -0.486. The van der Waals surface area contributed by atoms with E-state index in [1.165, 1.54) is 12.5 Å². The predicted octanol–water partition coefficient (Wildman–Crippen LogP) is 1.59. The van der Waals surface area contributed by atoms with Crippen LogP contribution in [0.1, 0.15) is 19.3 Å². The largest absolute Gasteiger partial charge is 0.393 e. The predicted molar refractivity (Wildman–Crippen MR) is 69.9 cm³/mol. The Morgan fingerprint density at radius 3 is 2.84 bits per heavy atom. The van der Waals surface area contributed by atoms with Crippen molar-refractivity contribution in [3.05, 3.63) is 28.4 Å². The van der Waals surface area contributed by atoms with E-state index in [1.54, 1.807) is 12.3 Å². The van der Waals surface area contributed by atoms with E-state index in [0.717, 1.165) is 31.6 Å². The summed E-state index contributed by atoms with van der Waals surface area (Å²) >= 11 is 0. The molecule has 2 aliphatic heterocycles. The number of fused-ring (bicyclic) bond motifs is 4. The van der Waals surface area contributed by atoms with Crippen LogP contribution in [0.25, 0.3) is 0 Å². The number of hydrogen-bond donors (Lipinski definition) is 1. The molecule has 0 aromatic carbocycles. The fourth-order valence-corrected chi connectivity index (χ4v) is 3.23. The molecule has 1 aromatic heterocycles. The highest BCUT2D eigenvalue weighted by atomic mass is 16.6. The molecule has 3 heterocycles. The third-order valence-corrected chi connectivity index (χ3v) is 4.28. The summed E-state index contributed by atoms with van der Waals surface area (Å²) in [5.41, 5.74) is 0.914. The van der Waals surface area contributed by atoms with E-state index in [4.69, 9.17) is 0 Å². The van der Waals surface area contributed by atoms with Crippen LogP contribution in [0.2, 0.25) is 0 Å². The standard InChI is InChI=1S/C13H17N3O3/c17-12-5-9-1-2-10(12)8-15(7-9)11-3-4-13(14-6-11)16(18)19/h3-4,6,9-10,12,17H,1-2,5,7-8H2/t9-,10-,12?/m0/s1. The molecule has 0 radical (unpaired) electrons. The zero-order chi connectivity index (χ0) is 13.4. The summed E-state index contributed by atoms with van der Waals surface area (Å²) in [6.45, 7) is 1.73. The molecule has 3 fully saturated rings. The first-order valence-corrected chi connectivity index (χ1v) is 6.67. The first kappa shape index (κ1) is 12.3.